The summed E-state index contributed by atoms with van der Waals surface area (Å²) >= 11 is 0. The molecule has 3 heterocycles. The summed E-state index contributed by atoms with van der Waals surface area (Å²) in [5, 5.41) is 0.154. The molecule has 0 unspecified atom stereocenters. The summed E-state index contributed by atoms with van der Waals surface area (Å²) in [5.74, 6) is -0.342. The van der Waals surface area contributed by atoms with Crippen LogP contribution in [0.25, 0.3) is 10.9 Å². The number of esters is 1. The lowest BCUT2D eigenvalue weighted by atomic mass is 9.93. The first-order valence-corrected chi connectivity index (χ1v) is 10.9. The highest BCUT2D eigenvalue weighted by molar-refractivity contribution is 5.97. The maximum atomic E-state index is 15.5. The van der Waals surface area contributed by atoms with Crippen LogP contribution in [-0.2, 0) is 4.74 Å². The Morgan fingerprint density at radius 1 is 1.19 bits per heavy atom. The lowest BCUT2D eigenvalue weighted by Gasteiger charge is -2.33. The van der Waals surface area contributed by atoms with Gasteiger partial charge in [-0.25, -0.2) is 9.18 Å². The normalized spacial score (nSPS) is 23.8. The summed E-state index contributed by atoms with van der Waals surface area (Å²) < 4.78 is 28.0. The molecule has 2 aliphatic heterocycles. The number of halogens is 1. The minimum absolute atomic E-state index is 0.0788. The van der Waals surface area contributed by atoms with Gasteiger partial charge in [-0.05, 0) is 51.3 Å². The van der Waals surface area contributed by atoms with Crippen molar-refractivity contribution >= 4 is 22.6 Å². The SMILES string of the molecule is COC(=O)c1cn(C2CC2)c2c(OC)c(N3C[C@@H]4CCCN(C)[C@@H]4C3)c(F)cc2c1=O. The minimum Gasteiger partial charge on any atom is -0.492 e. The van der Waals surface area contributed by atoms with Crippen LogP contribution in [0.1, 0.15) is 42.1 Å². The number of pyridine rings is 1. The molecule has 3 fully saturated rings. The maximum Gasteiger partial charge on any atom is 0.343 e. The first-order chi connectivity index (χ1) is 14.9. The van der Waals surface area contributed by atoms with E-state index >= 15 is 4.39 Å². The van der Waals surface area contributed by atoms with Crippen molar-refractivity contribution in [3.63, 3.8) is 0 Å². The van der Waals surface area contributed by atoms with Crippen molar-refractivity contribution < 1.29 is 18.7 Å². The zero-order valence-electron chi connectivity index (χ0n) is 18.2. The van der Waals surface area contributed by atoms with Crippen LogP contribution in [0.2, 0.25) is 0 Å². The second-order valence-corrected chi connectivity index (χ2v) is 8.99. The van der Waals surface area contributed by atoms with Gasteiger partial charge in [0.2, 0.25) is 5.43 Å². The summed E-state index contributed by atoms with van der Waals surface area (Å²) in [5.41, 5.74) is 0.363. The number of nitrogens with zero attached hydrogens (tertiary/aromatic N) is 3. The van der Waals surface area contributed by atoms with E-state index in [0.29, 0.717) is 28.9 Å². The fraction of sp³-hybridized carbons (Fsp3) is 0.565. The molecule has 8 heteroatoms. The predicted octanol–water partition coefficient (Wildman–Crippen LogP) is 2.80. The Morgan fingerprint density at radius 2 is 1.97 bits per heavy atom. The number of fused-ring (bicyclic) bond motifs is 2. The van der Waals surface area contributed by atoms with Crippen molar-refractivity contribution in [2.45, 2.75) is 37.8 Å². The molecule has 3 aliphatic rings. The van der Waals surface area contributed by atoms with E-state index in [1.807, 2.05) is 4.57 Å². The molecule has 166 valence electrons. The molecule has 5 rings (SSSR count). The zero-order chi connectivity index (χ0) is 21.9. The van der Waals surface area contributed by atoms with E-state index in [2.05, 4.69) is 16.8 Å². The van der Waals surface area contributed by atoms with Gasteiger partial charge in [0.1, 0.15) is 11.3 Å². The number of piperidine rings is 1. The number of likely N-dealkylation sites (N-methyl/N-ethyl adjacent to an activating group) is 1. The molecule has 0 spiro atoms. The molecule has 2 atom stereocenters. The second kappa shape index (κ2) is 7.51. The van der Waals surface area contributed by atoms with E-state index in [0.717, 1.165) is 45.3 Å². The molecule has 1 aromatic heterocycles. The number of anilines is 1. The molecule has 0 radical (unpaired) electrons. The van der Waals surface area contributed by atoms with E-state index in [1.54, 1.807) is 6.20 Å². The molecule has 7 nitrogen and oxygen atoms in total. The molecule has 1 aliphatic carbocycles. The Morgan fingerprint density at radius 3 is 2.61 bits per heavy atom. The zero-order valence-corrected chi connectivity index (χ0v) is 18.2. The Kier molecular flexibility index (Phi) is 4.92. The van der Waals surface area contributed by atoms with Gasteiger partial charge in [0.05, 0.1) is 25.1 Å². The molecule has 0 bridgehead atoms. The summed E-state index contributed by atoms with van der Waals surface area (Å²) in [6, 6.07) is 1.82. The van der Waals surface area contributed by atoms with Gasteiger partial charge in [0.15, 0.2) is 11.6 Å². The van der Waals surface area contributed by atoms with Crippen molar-refractivity contribution in [2.75, 3.05) is 45.8 Å². The number of hydrogen-bond acceptors (Lipinski definition) is 6. The Labute approximate surface area is 180 Å². The van der Waals surface area contributed by atoms with E-state index in [-0.39, 0.29) is 17.0 Å². The summed E-state index contributed by atoms with van der Waals surface area (Å²) in [4.78, 5) is 29.7. The first-order valence-electron chi connectivity index (χ1n) is 10.9. The maximum absolute atomic E-state index is 15.5. The molecular formula is C23H28FN3O4. The highest BCUT2D eigenvalue weighted by atomic mass is 19.1. The molecule has 2 aromatic rings. The van der Waals surface area contributed by atoms with Crippen molar-refractivity contribution in [1.29, 1.82) is 0 Å². The first kappa shape index (κ1) is 20.3. The van der Waals surface area contributed by atoms with Crippen LogP contribution in [0, 0.1) is 11.7 Å². The fourth-order valence-corrected chi connectivity index (χ4v) is 5.42. The quantitative estimate of drug-likeness (QED) is 0.697. The average molecular weight is 429 g/mol. The standard InChI is InChI=1S/C23H28FN3O4/c1-25-8-4-5-13-10-26(12-18(13)25)20-17(24)9-15-19(22(20)30-2)27(14-6-7-14)11-16(21(15)28)23(29)31-3/h9,11,13-14,18H,4-8,10,12H2,1-3H3/t13-,18+/m0/s1. The van der Waals surface area contributed by atoms with Crippen LogP contribution in [0.4, 0.5) is 10.1 Å². The number of rotatable bonds is 4. The number of methoxy groups -OCH3 is 2. The van der Waals surface area contributed by atoms with E-state index in [9.17, 15) is 9.59 Å². The van der Waals surface area contributed by atoms with E-state index in [4.69, 9.17) is 9.47 Å². The number of ether oxygens (including phenoxy) is 2. The summed E-state index contributed by atoms with van der Waals surface area (Å²) in [7, 11) is 4.89. The number of hydrogen-bond donors (Lipinski definition) is 0. The highest BCUT2D eigenvalue weighted by Gasteiger charge is 2.40. The molecule has 1 aromatic carbocycles. The topological polar surface area (TPSA) is 64.0 Å². The monoisotopic (exact) mass is 429 g/mol. The lowest BCUT2D eigenvalue weighted by molar-refractivity contribution is 0.0598. The third-order valence-electron chi connectivity index (χ3n) is 7.12. The van der Waals surface area contributed by atoms with Gasteiger partial charge in [0.25, 0.3) is 0 Å². The highest BCUT2D eigenvalue weighted by Crippen LogP contribution is 2.45. The number of likely N-dealkylation sites (tertiary alicyclic amines) is 1. The molecule has 1 saturated carbocycles. The van der Waals surface area contributed by atoms with Crippen LogP contribution in [0.3, 0.4) is 0 Å². The van der Waals surface area contributed by atoms with Crippen LogP contribution in [0.5, 0.6) is 5.75 Å². The van der Waals surface area contributed by atoms with Crippen molar-refractivity contribution in [2.24, 2.45) is 5.92 Å². The third-order valence-corrected chi connectivity index (χ3v) is 7.12. The van der Waals surface area contributed by atoms with Crippen molar-refractivity contribution in [3.8, 4) is 5.75 Å². The van der Waals surface area contributed by atoms with Crippen LogP contribution in [0.15, 0.2) is 17.1 Å². The van der Waals surface area contributed by atoms with Crippen molar-refractivity contribution in [3.05, 3.63) is 33.9 Å². The van der Waals surface area contributed by atoms with Gasteiger partial charge in [0, 0.05) is 31.4 Å². The van der Waals surface area contributed by atoms with Crippen LogP contribution < -0.4 is 15.1 Å². The molecule has 0 N–H and O–H groups in total. The fourth-order valence-electron chi connectivity index (χ4n) is 5.42. The molecular weight excluding hydrogens is 401 g/mol. The minimum atomic E-state index is -0.712. The van der Waals surface area contributed by atoms with E-state index in [1.165, 1.54) is 20.3 Å². The van der Waals surface area contributed by atoms with E-state index < -0.39 is 17.2 Å². The molecule has 31 heavy (non-hydrogen) atoms. The Balaban J connectivity index is 1.71. The summed E-state index contributed by atoms with van der Waals surface area (Å²) in [6.07, 6.45) is 5.72. The second-order valence-electron chi connectivity index (χ2n) is 8.99. The molecule has 0 amide bonds. The van der Waals surface area contributed by atoms with Gasteiger partial charge in [-0.15, -0.1) is 0 Å². The van der Waals surface area contributed by atoms with Gasteiger partial charge >= 0.3 is 5.97 Å². The van der Waals surface area contributed by atoms with Gasteiger partial charge in [-0.3, -0.25) is 4.79 Å². The predicted molar refractivity (Wildman–Crippen MR) is 116 cm³/mol. The lowest BCUT2D eigenvalue weighted by Crippen LogP contribution is -2.42. The van der Waals surface area contributed by atoms with Crippen LogP contribution in [-0.4, -0.2) is 62.4 Å². The number of carbonyl (C=O) groups is 1. The number of carbonyl (C=O) groups excluding carboxylic acids is 1. The Bertz CT molecular complexity index is 1110. The van der Waals surface area contributed by atoms with Gasteiger partial charge in [-0.2, -0.15) is 0 Å². The molecule has 2 saturated heterocycles. The third kappa shape index (κ3) is 3.19. The number of aromatic nitrogens is 1. The van der Waals surface area contributed by atoms with Crippen molar-refractivity contribution in [1.82, 2.24) is 9.47 Å². The summed E-state index contributed by atoms with van der Waals surface area (Å²) in [6.45, 7) is 2.55. The largest absolute Gasteiger partial charge is 0.492 e. The van der Waals surface area contributed by atoms with Gasteiger partial charge < -0.3 is 23.8 Å². The number of benzene rings is 1. The van der Waals surface area contributed by atoms with Crippen LogP contribution >= 0.6 is 0 Å². The Hall–Kier alpha value is -2.61. The smallest absolute Gasteiger partial charge is 0.343 e. The average Bonchev–Trinajstić information content (AvgIpc) is 3.51. The van der Waals surface area contributed by atoms with Gasteiger partial charge in [-0.1, -0.05) is 0 Å².